The number of ether oxygens (including phenoxy) is 2. The van der Waals surface area contributed by atoms with Gasteiger partial charge in [0.1, 0.15) is 17.2 Å². The normalized spacial score (nSPS) is 26.4. The molecule has 3 fully saturated rings. The van der Waals surface area contributed by atoms with Gasteiger partial charge in [-0.2, -0.15) is 0 Å². The Morgan fingerprint density at radius 3 is 2.66 bits per heavy atom. The second kappa shape index (κ2) is 13.5. The van der Waals surface area contributed by atoms with E-state index in [-0.39, 0.29) is 30.5 Å². The highest BCUT2D eigenvalue weighted by atomic mass is 32.1. The first-order chi connectivity index (χ1) is 25.6. The first-order valence-corrected chi connectivity index (χ1v) is 20.2. The molecule has 12 nitrogen and oxygen atoms in total. The number of hydrogen-bond acceptors (Lipinski definition) is 11. The molecule has 0 radical (unpaired) electrons. The summed E-state index contributed by atoms with van der Waals surface area (Å²) in [5.74, 6) is -0.824. The molecule has 0 spiro atoms. The van der Waals surface area contributed by atoms with Gasteiger partial charge in [-0.15, -0.1) is 11.3 Å². The van der Waals surface area contributed by atoms with Crippen molar-refractivity contribution in [2.45, 2.75) is 89.6 Å². The summed E-state index contributed by atoms with van der Waals surface area (Å²) in [5.41, 5.74) is 17.4. The lowest BCUT2D eigenvalue weighted by Gasteiger charge is -2.43. The Hall–Kier alpha value is -3.88. The molecule has 9 rings (SSSR count). The van der Waals surface area contributed by atoms with Gasteiger partial charge in [0.2, 0.25) is 0 Å². The highest BCUT2D eigenvalue weighted by Crippen LogP contribution is 2.57. The van der Waals surface area contributed by atoms with E-state index in [1.807, 2.05) is 11.6 Å². The number of pyridine rings is 1. The fraction of sp³-hybridized carbons (Fsp3) is 0.550. The molecule has 6 heterocycles. The number of nitrogens with one attached hydrogen (secondary N) is 1. The smallest absolute Gasteiger partial charge is 0.324 e. The summed E-state index contributed by atoms with van der Waals surface area (Å²) in [4.78, 5) is 42.5. The standard InChI is InChI=1S/C40H50N8O4S/c1-5-47-31-11-8-23-17-27(31)32-33(36(51-4)34-28(35(32)47)19-26(20-42-34)46-15-13-45(14-16-46)25-9-10-25)40(2,3)22-52-39(50)30-7-6-12-48(44-30)38(49)29(41)18-24-21-53-37(23)43-24/h8,11,17,19-21,25,29-30,33,36,44H,5-7,9-10,12-16,18,22,41H2,1-4H3/t29-,30-,33?,36-/m0/s1. The zero-order valence-corrected chi connectivity index (χ0v) is 32.0. The van der Waals surface area contributed by atoms with Crippen molar-refractivity contribution in [2.75, 3.05) is 51.3 Å². The minimum atomic E-state index is -0.787. The number of carbonyl (C=O) groups excluding carboxylic acids is 2. The number of nitrogens with zero attached hydrogens (tertiary/aromatic N) is 6. The predicted octanol–water partition coefficient (Wildman–Crippen LogP) is 4.86. The molecule has 280 valence electrons. The number of fused-ring (bicyclic) bond motifs is 8. The van der Waals surface area contributed by atoms with Crippen molar-refractivity contribution >= 4 is 39.8 Å². The van der Waals surface area contributed by atoms with E-state index in [1.54, 1.807) is 18.4 Å². The van der Waals surface area contributed by atoms with Crippen LogP contribution in [0.15, 0.2) is 35.8 Å². The number of hydrazine groups is 1. The van der Waals surface area contributed by atoms with Gasteiger partial charge in [-0.1, -0.05) is 13.8 Å². The van der Waals surface area contributed by atoms with Crippen LogP contribution in [0.1, 0.15) is 75.4 Å². The van der Waals surface area contributed by atoms with Crippen LogP contribution in [0.4, 0.5) is 5.69 Å². The van der Waals surface area contributed by atoms with E-state index in [1.165, 1.54) is 23.4 Å². The molecule has 2 aliphatic carbocycles. The molecule has 53 heavy (non-hydrogen) atoms. The van der Waals surface area contributed by atoms with Gasteiger partial charge in [-0.05, 0) is 62.4 Å². The van der Waals surface area contributed by atoms with Crippen LogP contribution in [0, 0.1) is 5.41 Å². The van der Waals surface area contributed by atoms with Crippen LogP contribution in [0.25, 0.3) is 32.7 Å². The molecule has 2 saturated heterocycles. The van der Waals surface area contributed by atoms with E-state index in [4.69, 9.17) is 25.2 Å². The number of cyclic esters (lactones) is 1. The van der Waals surface area contributed by atoms with Crippen LogP contribution in [0.2, 0.25) is 0 Å². The largest absolute Gasteiger partial charge is 0.464 e. The number of carbonyl (C=O) groups is 2. The van der Waals surface area contributed by atoms with Crippen molar-refractivity contribution in [3.8, 4) is 21.8 Å². The summed E-state index contributed by atoms with van der Waals surface area (Å²) < 4.78 is 15.1. The van der Waals surface area contributed by atoms with Gasteiger partial charge in [0.15, 0.2) is 0 Å². The maximum atomic E-state index is 13.7. The third-order valence-corrected chi connectivity index (χ3v) is 13.1. The average Bonchev–Trinajstić information content (AvgIpc) is 3.85. The fourth-order valence-corrected chi connectivity index (χ4v) is 10.1. The van der Waals surface area contributed by atoms with Gasteiger partial charge in [-0.3, -0.25) is 24.5 Å². The van der Waals surface area contributed by atoms with Crippen LogP contribution in [-0.4, -0.2) is 101 Å². The minimum Gasteiger partial charge on any atom is -0.464 e. The fourth-order valence-electron chi connectivity index (χ4n) is 9.25. The molecule has 3 N–H and O–H groups in total. The van der Waals surface area contributed by atoms with Gasteiger partial charge in [0, 0.05) is 97.6 Å². The summed E-state index contributed by atoms with van der Waals surface area (Å²) in [6.07, 6.45) is 5.86. The van der Waals surface area contributed by atoms with E-state index in [0.29, 0.717) is 25.8 Å². The lowest BCUT2D eigenvalue weighted by Crippen LogP contribution is -2.59. The van der Waals surface area contributed by atoms with Crippen LogP contribution < -0.4 is 16.1 Å². The average molecular weight is 739 g/mol. The number of rotatable bonds is 4. The third kappa shape index (κ3) is 6.05. The first kappa shape index (κ1) is 34.9. The number of aryl methyl sites for hydroxylation is 1. The molecular formula is C40H50N8O4S. The van der Waals surface area contributed by atoms with Gasteiger partial charge < -0.3 is 24.7 Å². The van der Waals surface area contributed by atoms with Crippen molar-refractivity contribution in [2.24, 2.45) is 11.1 Å². The van der Waals surface area contributed by atoms with Crippen LogP contribution >= 0.6 is 11.3 Å². The van der Waals surface area contributed by atoms with E-state index in [0.717, 1.165) is 88.6 Å². The second-order valence-corrected chi connectivity index (χ2v) is 17.0. The number of amides is 1. The van der Waals surface area contributed by atoms with E-state index in [2.05, 4.69) is 64.8 Å². The Balaban J connectivity index is 1.20. The number of thiazole rings is 1. The summed E-state index contributed by atoms with van der Waals surface area (Å²) >= 11 is 1.57. The number of esters is 1. The first-order valence-electron chi connectivity index (χ1n) is 19.3. The maximum absolute atomic E-state index is 13.7. The number of benzene rings is 1. The Bertz CT molecular complexity index is 2060. The second-order valence-electron chi connectivity index (χ2n) is 16.1. The third-order valence-electron chi connectivity index (χ3n) is 12.2. The van der Waals surface area contributed by atoms with Crippen LogP contribution in [0.5, 0.6) is 0 Å². The van der Waals surface area contributed by atoms with Crippen LogP contribution in [0.3, 0.4) is 0 Å². The maximum Gasteiger partial charge on any atom is 0.324 e. The highest BCUT2D eigenvalue weighted by Gasteiger charge is 2.48. The van der Waals surface area contributed by atoms with E-state index >= 15 is 0 Å². The molecule has 6 bridgehead atoms. The molecular weight excluding hydrogens is 689 g/mol. The monoisotopic (exact) mass is 738 g/mol. The molecule has 4 aromatic rings. The summed E-state index contributed by atoms with van der Waals surface area (Å²) in [6.45, 7) is 12.1. The zero-order chi connectivity index (χ0) is 36.6. The van der Waals surface area contributed by atoms with E-state index in [9.17, 15) is 9.59 Å². The molecule has 5 aliphatic rings. The quantitative estimate of drug-likeness (QED) is 0.280. The SMILES string of the molecule is CCn1c2c3c4cc(ccc41)-c1nc(cs1)C[C@H](N)C(=O)N1CCC[C@H](N1)C(=O)OCC(C)(C)C3[C@H](OC)c1ncc(N3CCN(C4CC4)CC3)cc1-2. The Kier molecular flexibility index (Phi) is 8.85. The molecule has 1 saturated carbocycles. The van der Waals surface area contributed by atoms with Gasteiger partial charge in [0.25, 0.3) is 5.91 Å². The topological polar surface area (TPSA) is 131 Å². The molecule has 1 aromatic carbocycles. The van der Waals surface area contributed by atoms with E-state index < -0.39 is 17.5 Å². The lowest BCUT2D eigenvalue weighted by molar-refractivity contribution is -0.156. The Morgan fingerprint density at radius 2 is 1.91 bits per heavy atom. The molecule has 13 heteroatoms. The van der Waals surface area contributed by atoms with Crippen molar-refractivity contribution in [3.63, 3.8) is 0 Å². The van der Waals surface area contributed by atoms with Gasteiger partial charge in [-0.25, -0.2) is 10.4 Å². The number of methoxy groups -OCH3 is 1. The van der Waals surface area contributed by atoms with Crippen molar-refractivity contribution in [3.05, 3.63) is 52.8 Å². The zero-order valence-electron chi connectivity index (χ0n) is 31.1. The number of piperazine rings is 1. The number of nitrogens with two attached hydrogens (primary N) is 1. The summed E-state index contributed by atoms with van der Waals surface area (Å²) in [7, 11) is 1.77. The number of hydrogen-bond donors (Lipinski definition) is 2. The molecule has 3 aliphatic heterocycles. The number of aromatic nitrogens is 3. The van der Waals surface area contributed by atoms with Gasteiger partial charge >= 0.3 is 5.97 Å². The minimum absolute atomic E-state index is 0.161. The lowest BCUT2D eigenvalue weighted by atomic mass is 9.67. The Labute approximate surface area is 314 Å². The molecule has 1 amide bonds. The summed E-state index contributed by atoms with van der Waals surface area (Å²) in [5, 5.41) is 5.51. The molecule has 4 atom stereocenters. The summed E-state index contributed by atoms with van der Waals surface area (Å²) in [6, 6.07) is 8.30. The number of anilines is 1. The van der Waals surface area contributed by atoms with Gasteiger partial charge in [0.05, 0.1) is 41.6 Å². The molecule has 1 unspecified atom stereocenters. The van der Waals surface area contributed by atoms with Crippen molar-refractivity contribution < 1.29 is 19.1 Å². The van der Waals surface area contributed by atoms with Crippen LogP contribution in [-0.2, 0) is 32.0 Å². The predicted molar refractivity (Wildman–Crippen MR) is 206 cm³/mol. The molecule has 3 aromatic heterocycles. The van der Waals surface area contributed by atoms with Crippen molar-refractivity contribution in [1.29, 1.82) is 0 Å². The highest BCUT2D eigenvalue weighted by molar-refractivity contribution is 7.13. The van der Waals surface area contributed by atoms with Crippen molar-refractivity contribution in [1.82, 2.24) is 29.9 Å². The Morgan fingerprint density at radius 1 is 1.09 bits per heavy atom.